The van der Waals surface area contributed by atoms with E-state index < -0.39 is 33.4 Å². The van der Waals surface area contributed by atoms with Gasteiger partial charge in [0.05, 0.1) is 28.3 Å². The van der Waals surface area contributed by atoms with Gasteiger partial charge in [-0.25, -0.2) is 18.4 Å². The highest BCUT2D eigenvalue weighted by Gasteiger charge is 2.61. The first-order valence-corrected chi connectivity index (χ1v) is 10.9. The molecule has 0 aromatic carbocycles. The lowest BCUT2D eigenvalue weighted by Crippen LogP contribution is -2.42. The first kappa shape index (κ1) is 24.3. The molecule has 0 N–H and O–H groups in total. The summed E-state index contributed by atoms with van der Waals surface area (Å²) in [5.41, 5.74) is -1.34. The maximum atomic E-state index is 13.4. The van der Waals surface area contributed by atoms with Crippen molar-refractivity contribution >= 4 is 15.4 Å². The van der Waals surface area contributed by atoms with Crippen molar-refractivity contribution in [3.05, 3.63) is 36.4 Å². The van der Waals surface area contributed by atoms with Crippen molar-refractivity contribution in [3.8, 4) is 23.5 Å². The second-order valence-electron chi connectivity index (χ2n) is 7.40. The number of fused-ring (bicyclic) bond motifs is 1. The highest BCUT2D eigenvalue weighted by Crippen LogP contribution is 2.38. The Morgan fingerprint density at radius 3 is 2.36 bits per heavy atom. The molecular formula is C19H16F5N5O3S. The number of sulfone groups is 1. The fourth-order valence-corrected chi connectivity index (χ4v) is 3.80. The third-order valence-corrected chi connectivity index (χ3v) is 6.50. The first-order chi connectivity index (χ1) is 15.1. The summed E-state index contributed by atoms with van der Waals surface area (Å²) in [4.78, 5) is 11.2. The van der Waals surface area contributed by atoms with Gasteiger partial charge in [-0.3, -0.25) is 9.38 Å². The normalized spacial score (nSPS) is 13.2. The second kappa shape index (κ2) is 7.91. The Morgan fingerprint density at radius 1 is 1.12 bits per heavy atom. The maximum Gasteiger partial charge on any atom is 0.500 e. The first-order valence-electron chi connectivity index (χ1n) is 9.25. The van der Waals surface area contributed by atoms with Gasteiger partial charge in [0.1, 0.15) is 11.2 Å². The minimum atomic E-state index is -5.99. The van der Waals surface area contributed by atoms with Crippen LogP contribution in [0.3, 0.4) is 0 Å². The number of nitriles is 1. The van der Waals surface area contributed by atoms with Gasteiger partial charge < -0.3 is 4.74 Å². The number of halogens is 5. The van der Waals surface area contributed by atoms with E-state index in [0.29, 0.717) is 5.56 Å². The summed E-state index contributed by atoms with van der Waals surface area (Å²) >= 11 is 0. The smallest absolute Gasteiger partial charge is 0.405 e. The maximum absolute atomic E-state index is 13.4. The van der Waals surface area contributed by atoms with Crippen LogP contribution in [-0.4, -0.2) is 45.8 Å². The molecule has 3 aromatic heterocycles. The average molecular weight is 489 g/mol. The Balaban J connectivity index is 2.23. The summed E-state index contributed by atoms with van der Waals surface area (Å²) < 4.78 is 94.8. The summed E-state index contributed by atoms with van der Waals surface area (Å²) in [5, 5.41) is 9.37. The quantitative estimate of drug-likeness (QED) is 0.483. The van der Waals surface area contributed by atoms with Crippen LogP contribution in [0.4, 0.5) is 22.0 Å². The van der Waals surface area contributed by atoms with Crippen LogP contribution < -0.4 is 4.74 Å². The van der Waals surface area contributed by atoms with Gasteiger partial charge in [-0.1, -0.05) is 6.92 Å². The van der Waals surface area contributed by atoms with Crippen molar-refractivity contribution in [3.63, 3.8) is 0 Å². The zero-order valence-electron chi connectivity index (χ0n) is 17.4. The molecular weight excluding hydrogens is 473 g/mol. The molecule has 0 aliphatic rings. The molecule has 3 heterocycles. The number of alkyl halides is 5. The zero-order chi connectivity index (χ0) is 24.8. The fourth-order valence-electron chi connectivity index (χ4n) is 2.75. The van der Waals surface area contributed by atoms with Gasteiger partial charge in [0.15, 0.2) is 15.7 Å². The van der Waals surface area contributed by atoms with Crippen molar-refractivity contribution in [2.45, 2.75) is 43.4 Å². The molecule has 0 fully saturated rings. The van der Waals surface area contributed by atoms with Crippen LogP contribution in [0.25, 0.3) is 17.0 Å². The van der Waals surface area contributed by atoms with Crippen LogP contribution >= 0.6 is 0 Å². The molecule has 33 heavy (non-hydrogen) atoms. The summed E-state index contributed by atoms with van der Waals surface area (Å²) in [6.45, 7) is 4.51. The molecule has 8 nitrogen and oxygen atoms in total. The largest absolute Gasteiger partial charge is 0.500 e. The lowest BCUT2D eigenvalue weighted by atomic mass is 9.87. The van der Waals surface area contributed by atoms with E-state index in [1.54, 1.807) is 13.8 Å². The van der Waals surface area contributed by atoms with Crippen LogP contribution in [0.5, 0.6) is 5.88 Å². The van der Waals surface area contributed by atoms with Crippen LogP contribution in [0.15, 0.2) is 35.7 Å². The number of rotatable bonds is 6. The topological polar surface area (TPSA) is 110 Å². The molecule has 176 valence electrons. The van der Waals surface area contributed by atoms with Gasteiger partial charge in [0.2, 0.25) is 5.88 Å². The highest BCUT2D eigenvalue weighted by molar-refractivity contribution is 7.91. The number of pyridine rings is 1. The molecule has 3 rings (SSSR count). The Morgan fingerprint density at radius 2 is 1.79 bits per heavy atom. The molecule has 0 saturated carbocycles. The summed E-state index contributed by atoms with van der Waals surface area (Å²) in [6, 6.07) is 3.30. The van der Waals surface area contributed by atoms with Crippen molar-refractivity contribution in [1.29, 1.82) is 5.26 Å². The zero-order valence-corrected chi connectivity index (χ0v) is 18.2. The van der Waals surface area contributed by atoms with Gasteiger partial charge in [0, 0.05) is 18.6 Å². The third-order valence-electron chi connectivity index (χ3n) is 4.76. The Hall–Kier alpha value is -3.34. The van der Waals surface area contributed by atoms with E-state index in [9.17, 15) is 35.6 Å². The minimum absolute atomic E-state index is 0.166. The molecule has 0 aliphatic heterocycles. The van der Waals surface area contributed by atoms with E-state index in [2.05, 4.69) is 19.7 Å². The summed E-state index contributed by atoms with van der Waals surface area (Å²) in [6.07, 6.45) is -7.27. The molecule has 0 radical (unpaired) electrons. The molecule has 0 bridgehead atoms. The van der Waals surface area contributed by atoms with Crippen LogP contribution in [-0.2, 0) is 15.3 Å². The van der Waals surface area contributed by atoms with E-state index in [0.717, 1.165) is 16.8 Å². The Labute approximate surface area is 184 Å². The standard InChI is InChI=1S/C19H16F5N5O3S/c1-4-33(30,31)13-7-11(17(2,3)10-25)8-27-14(13)15-28-9-12-16(26-5-6-29(12)15)32-19(23,24)18(20,21)22/h5-9H,4H2,1-3H3. The Bertz CT molecular complexity index is 1360. The molecule has 0 spiro atoms. The molecule has 0 amide bonds. The van der Waals surface area contributed by atoms with E-state index in [1.807, 2.05) is 6.07 Å². The summed E-state index contributed by atoms with van der Waals surface area (Å²) in [7, 11) is -3.91. The van der Waals surface area contributed by atoms with Gasteiger partial charge >= 0.3 is 12.3 Å². The van der Waals surface area contributed by atoms with E-state index in [-0.39, 0.29) is 27.7 Å². The summed E-state index contributed by atoms with van der Waals surface area (Å²) in [5.74, 6) is -1.56. The monoisotopic (exact) mass is 489 g/mol. The van der Waals surface area contributed by atoms with Crippen molar-refractivity contribution in [2.24, 2.45) is 0 Å². The molecule has 3 aromatic rings. The molecule has 0 aliphatic carbocycles. The Kier molecular flexibility index (Phi) is 5.82. The number of aromatic nitrogens is 4. The van der Waals surface area contributed by atoms with Crippen LogP contribution in [0, 0.1) is 11.3 Å². The molecule has 0 atom stereocenters. The van der Waals surface area contributed by atoms with E-state index in [4.69, 9.17) is 0 Å². The fraction of sp³-hybridized carbons (Fsp3) is 0.368. The number of imidazole rings is 1. The highest BCUT2D eigenvalue weighted by atomic mass is 32.2. The third kappa shape index (κ3) is 4.32. The van der Waals surface area contributed by atoms with Gasteiger partial charge in [-0.2, -0.15) is 27.2 Å². The number of ether oxygens (including phenoxy) is 1. The predicted molar refractivity (Wildman–Crippen MR) is 104 cm³/mol. The van der Waals surface area contributed by atoms with E-state index in [1.165, 1.54) is 25.4 Å². The van der Waals surface area contributed by atoms with Crippen LogP contribution in [0.1, 0.15) is 26.3 Å². The number of hydrogen-bond acceptors (Lipinski definition) is 7. The van der Waals surface area contributed by atoms with Gasteiger partial charge in [-0.05, 0) is 25.5 Å². The van der Waals surface area contributed by atoms with E-state index >= 15 is 0 Å². The SMILES string of the molecule is CCS(=O)(=O)c1cc(C(C)(C)C#N)cnc1-c1ncc2c(OC(F)(F)C(F)(F)F)nccn12. The second-order valence-corrected chi connectivity index (χ2v) is 9.64. The predicted octanol–water partition coefficient (Wildman–Crippen LogP) is 3.92. The number of hydrogen-bond donors (Lipinski definition) is 0. The van der Waals surface area contributed by atoms with Crippen molar-refractivity contribution in [2.75, 3.05) is 5.75 Å². The lowest BCUT2D eigenvalue weighted by molar-refractivity contribution is -0.361. The van der Waals surface area contributed by atoms with Gasteiger partial charge in [0.25, 0.3) is 0 Å². The minimum Gasteiger partial charge on any atom is -0.405 e. The average Bonchev–Trinajstić information content (AvgIpc) is 3.17. The molecule has 0 saturated heterocycles. The molecule has 0 unspecified atom stereocenters. The lowest BCUT2D eigenvalue weighted by Gasteiger charge is -2.20. The van der Waals surface area contributed by atoms with Crippen molar-refractivity contribution < 1.29 is 35.1 Å². The van der Waals surface area contributed by atoms with Gasteiger partial charge in [-0.15, -0.1) is 0 Å². The molecule has 14 heteroatoms. The van der Waals surface area contributed by atoms with Crippen LogP contribution in [0.2, 0.25) is 0 Å². The number of nitrogens with zero attached hydrogens (tertiary/aromatic N) is 5. The van der Waals surface area contributed by atoms with Crippen molar-refractivity contribution in [1.82, 2.24) is 19.4 Å².